The maximum absolute atomic E-state index is 5.81. The molecule has 1 aromatic rings. The van der Waals surface area contributed by atoms with Gasteiger partial charge in [0.1, 0.15) is 5.82 Å². The first-order valence-electron chi connectivity index (χ1n) is 5.44. The third-order valence-electron chi connectivity index (χ3n) is 2.85. The molecule has 0 bridgehead atoms. The summed E-state index contributed by atoms with van der Waals surface area (Å²) in [4.78, 5) is 8.95. The molecule has 0 spiro atoms. The zero-order chi connectivity index (χ0) is 11.5. The van der Waals surface area contributed by atoms with Crippen molar-refractivity contribution in [3.05, 3.63) is 12.1 Å². The molecule has 0 saturated carbocycles. The number of nitrogens with zero attached hydrogens (tertiary/aromatic N) is 3. The van der Waals surface area contributed by atoms with E-state index in [1.807, 2.05) is 6.07 Å². The number of hydrogen-bond donors (Lipinski definition) is 1. The normalized spacial score (nSPS) is 17.5. The van der Waals surface area contributed by atoms with Gasteiger partial charge >= 0.3 is 0 Å². The van der Waals surface area contributed by atoms with E-state index in [1.165, 1.54) is 0 Å². The maximum Gasteiger partial charge on any atom is 0.216 e. The molecule has 0 aromatic carbocycles. The van der Waals surface area contributed by atoms with Crippen molar-refractivity contribution in [1.29, 1.82) is 0 Å². The first-order valence-corrected chi connectivity index (χ1v) is 5.44. The standard InChI is InChI=1S/C11H18N4O/c1-14-3-5-15(6-4-14)10-7-9(12)8-11(13-10)16-2/h7-8H,3-6H2,1-2H3,(H2,12,13). The van der Waals surface area contributed by atoms with Gasteiger partial charge in [-0.1, -0.05) is 0 Å². The lowest BCUT2D eigenvalue weighted by molar-refractivity contribution is 0.311. The number of likely N-dealkylation sites (N-methyl/N-ethyl adjacent to an activating group) is 1. The van der Waals surface area contributed by atoms with Crippen LogP contribution >= 0.6 is 0 Å². The monoisotopic (exact) mass is 222 g/mol. The van der Waals surface area contributed by atoms with Gasteiger partial charge in [0, 0.05) is 44.0 Å². The number of pyridine rings is 1. The number of anilines is 2. The fourth-order valence-electron chi connectivity index (χ4n) is 1.81. The second-order valence-electron chi connectivity index (χ2n) is 4.09. The van der Waals surface area contributed by atoms with Gasteiger partial charge in [-0.05, 0) is 7.05 Å². The smallest absolute Gasteiger partial charge is 0.216 e. The Morgan fingerprint density at radius 1 is 1.25 bits per heavy atom. The van der Waals surface area contributed by atoms with E-state index in [0.29, 0.717) is 11.6 Å². The molecule has 2 N–H and O–H groups in total. The summed E-state index contributed by atoms with van der Waals surface area (Å²) in [6, 6.07) is 3.63. The topological polar surface area (TPSA) is 54.6 Å². The molecule has 1 aliphatic rings. The number of hydrogen-bond acceptors (Lipinski definition) is 5. The van der Waals surface area contributed by atoms with Gasteiger partial charge in [-0.15, -0.1) is 0 Å². The quantitative estimate of drug-likeness (QED) is 0.786. The van der Waals surface area contributed by atoms with E-state index < -0.39 is 0 Å². The van der Waals surface area contributed by atoms with E-state index >= 15 is 0 Å². The van der Waals surface area contributed by atoms with Crippen LogP contribution in [0.2, 0.25) is 0 Å². The van der Waals surface area contributed by atoms with Crippen LogP contribution < -0.4 is 15.4 Å². The number of nitrogens with two attached hydrogens (primary N) is 1. The van der Waals surface area contributed by atoms with E-state index in [0.717, 1.165) is 32.0 Å². The molecule has 2 rings (SSSR count). The summed E-state index contributed by atoms with van der Waals surface area (Å²) in [6.45, 7) is 4.07. The molecule has 0 amide bonds. The fraction of sp³-hybridized carbons (Fsp3) is 0.545. The minimum atomic E-state index is 0.578. The number of ether oxygens (including phenoxy) is 1. The predicted octanol–water partition coefficient (Wildman–Crippen LogP) is 0.424. The first kappa shape index (κ1) is 11.0. The van der Waals surface area contributed by atoms with Crippen molar-refractivity contribution in [3.8, 4) is 5.88 Å². The number of rotatable bonds is 2. The molecule has 1 fully saturated rings. The predicted molar refractivity (Wildman–Crippen MR) is 64.9 cm³/mol. The Bertz CT molecular complexity index is 361. The van der Waals surface area contributed by atoms with Crippen molar-refractivity contribution >= 4 is 11.5 Å². The van der Waals surface area contributed by atoms with E-state index in [1.54, 1.807) is 13.2 Å². The summed E-state index contributed by atoms with van der Waals surface area (Å²) in [6.07, 6.45) is 0. The van der Waals surface area contributed by atoms with Crippen LogP contribution in [-0.4, -0.2) is 50.2 Å². The van der Waals surface area contributed by atoms with Crippen molar-refractivity contribution in [2.45, 2.75) is 0 Å². The minimum absolute atomic E-state index is 0.578. The van der Waals surface area contributed by atoms with Crippen LogP contribution in [0.4, 0.5) is 11.5 Å². The summed E-state index contributed by atoms with van der Waals surface area (Å²) < 4.78 is 5.12. The fourth-order valence-corrected chi connectivity index (χ4v) is 1.81. The van der Waals surface area contributed by atoms with Crippen LogP contribution in [0, 0.1) is 0 Å². The van der Waals surface area contributed by atoms with Crippen LogP contribution in [0.25, 0.3) is 0 Å². The SMILES string of the molecule is COc1cc(N)cc(N2CCN(C)CC2)n1. The van der Waals surface area contributed by atoms with Crippen LogP contribution in [0.5, 0.6) is 5.88 Å². The molecular formula is C11H18N4O. The van der Waals surface area contributed by atoms with Gasteiger partial charge in [0.05, 0.1) is 7.11 Å². The zero-order valence-electron chi connectivity index (χ0n) is 9.81. The summed E-state index contributed by atoms with van der Waals surface area (Å²) in [7, 11) is 3.74. The van der Waals surface area contributed by atoms with Gasteiger partial charge in [0.2, 0.25) is 5.88 Å². The highest BCUT2D eigenvalue weighted by Gasteiger charge is 2.16. The van der Waals surface area contributed by atoms with Crippen LogP contribution in [-0.2, 0) is 0 Å². The summed E-state index contributed by atoms with van der Waals surface area (Å²) in [5.41, 5.74) is 6.51. The molecule has 2 heterocycles. The second-order valence-corrected chi connectivity index (χ2v) is 4.09. The molecule has 16 heavy (non-hydrogen) atoms. The van der Waals surface area contributed by atoms with E-state index in [2.05, 4.69) is 21.8 Å². The number of aromatic nitrogens is 1. The maximum atomic E-state index is 5.81. The van der Waals surface area contributed by atoms with Gasteiger partial charge in [-0.2, -0.15) is 4.98 Å². The average molecular weight is 222 g/mol. The minimum Gasteiger partial charge on any atom is -0.481 e. The Hall–Kier alpha value is -1.49. The third kappa shape index (κ3) is 2.36. The Kier molecular flexibility index (Phi) is 3.14. The molecule has 88 valence electrons. The molecular weight excluding hydrogens is 204 g/mol. The van der Waals surface area contributed by atoms with Gasteiger partial charge in [0.15, 0.2) is 0 Å². The molecule has 1 aliphatic heterocycles. The van der Waals surface area contributed by atoms with Crippen LogP contribution in [0.3, 0.4) is 0 Å². The van der Waals surface area contributed by atoms with E-state index in [9.17, 15) is 0 Å². The van der Waals surface area contributed by atoms with Gasteiger partial charge in [0.25, 0.3) is 0 Å². The van der Waals surface area contributed by atoms with Gasteiger partial charge < -0.3 is 20.3 Å². The summed E-state index contributed by atoms with van der Waals surface area (Å²) in [5.74, 6) is 1.49. The highest BCUT2D eigenvalue weighted by molar-refractivity contribution is 5.53. The molecule has 0 atom stereocenters. The second kappa shape index (κ2) is 4.57. The van der Waals surface area contributed by atoms with Crippen molar-refractivity contribution in [1.82, 2.24) is 9.88 Å². The van der Waals surface area contributed by atoms with E-state index in [4.69, 9.17) is 10.5 Å². The lowest BCUT2D eigenvalue weighted by Gasteiger charge is -2.33. The lowest BCUT2D eigenvalue weighted by Crippen LogP contribution is -2.44. The first-order chi connectivity index (χ1) is 7.69. The molecule has 1 aromatic heterocycles. The van der Waals surface area contributed by atoms with Gasteiger partial charge in [-0.3, -0.25) is 0 Å². The number of nitrogen functional groups attached to an aromatic ring is 1. The number of methoxy groups -OCH3 is 1. The Balaban J connectivity index is 2.16. The molecule has 5 nitrogen and oxygen atoms in total. The highest BCUT2D eigenvalue weighted by Crippen LogP contribution is 2.21. The highest BCUT2D eigenvalue weighted by atomic mass is 16.5. The Morgan fingerprint density at radius 2 is 1.94 bits per heavy atom. The molecule has 1 saturated heterocycles. The zero-order valence-corrected chi connectivity index (χ0v) is 9.81. The van der Waals surface area contributed by atoms with Crippen molar-refractivity contribution in [3.63, 3.8) is 0 Å². The van der Waals surface area contributed by atoms with Gasteiger partial charge in [-0.25, -0.2) is 0 Å². The van der Waals surface area contributed by atoms with Crippen molar-refractivity contribution < 1.29 is 4.74 Å². The van der Waals surface area contributed by atoms with E-state index in [-0.39, 0.29) is 0 Å². The molecule has 0 radical (unpaired) electrons. The van der Waals surface area contributed by atoms with Crippen LogP contribution in [0.1, 0.15) is 0 Å². The summed E-state index contributed by atoms with van der Waals surface area (Å²) in [5, 5.41) is 0. The number of piperazine rings is 1. The summed E-state index contributed by atoms with van der Waals surface area (Å²) >= 11 is 0. The molecule has 0 unspecified atom stereocenters. The molecule has 5 heteroatoms. The largest absolute Gasteiger partial charge is 0.481 e. The van der Waals surface area contributed by atoms with Crippen LogP contribution in [0.15, 0.2) is 12.1 Å². The Labute approximate surface area is 95.8 Å². The van der Waals surface area contributed by atoms with Crippen molar-refractivity contribution in [2.75, 3.05) is 51.0 Å². The lowest BCUT2D eigenvalue weighted by atomic mass is 10.3. The molecule has 0 aliphatic carbocycles. The average Bonchev–Trinajstić information content (AvgIpc) is 2.29. The third-order valence-corrected chi connectivity index (χ3v) is 2.85. The van der Waals surface area contributed by atoms with Crippen molar-refractivity contribution in [2.24, 2.45) is 0 Å². The Morgan fingerprint density at radius 3 is 2.56 bits per heavy atom.